The van der Waals surface area contributed by atoms with Crippen molar-refractivity contribution in [3.05, 3.63) is 30.3 Å². The first-order valence-corrected chi connectivity index (χ1v) is 7.38. The van der Waals surface area contributed by atoms with Crippen LogP contribution in [0.5, 0.6) is 5.75 Å². The monoisotopic (exact) mass is 279 g/mol. The van der Waals surface area contributed by atoms with Gasteiger partial charge in [-0.1, -0.05) is 18.2 Å². The zero-order chi connectivity index (χ0) is 14.4. The van der Waals surface area contributed by atoms with Crippen molar-refractivity contribution in [2.45, 2.75) is 37.9 Å². The molecule has 1 heterocycles. The van der Waals surface area contributed by atoms with Crippen LogP contribution in [0, 0.1) is 0 Å². The van der Waals surface area contributed by atoms with Crippen molar-refractivity contribution in [1.29, 1.82) is 0 Å². The molecule has 2 rings (SSSR count). The van der Waals surface area contributed by atoms with Crippen molar-refractivity contribution in [2.24, 2.45) is 0 Å². The lowest BCUT2D eigenvalue weighted by atomic mass is 9.91. The van der Waals surface area contributed by atoms with Crippen molar-refractivity contribution in [1.82, 2.24) is 4.90 Å². The number of β-amino-alcohol motifs (C(OH)–C–C–N with tert-alkyl or cyclic N) is 1. The summed E-state index contributed by atoms with van der Waals surface area (Å²) in [4.78, 5) is 2.21. The fourth-order valence-electron chi connectivity index (χ4n) is 2.43. The van der Waals surface area contributed by atoms with Crippen LogP contribution in [0.15, 0.2) is 30.3 Å². The van der Waals surface area contributed by atoms with E-state index in [-0.39, 0.29) is 0 Å². The van der Waals surface area contributed by atoms with Crippen molar-refractivity contribution < 1.29 is 14.9 Å². The molecule has 4 nitrogen and oxygen atoms in total. The van der Waals surface area contributed by atoms with E-state index in [1.165, 1.54) is 0 Å². The zero-order valence-electron chi connectivity index (χ0n) is 12.2. The first-order chi connectivity index (χ1) is 9.58. The minimum absolute atomic E-state index is 0.562. The molecule has 0 aliphatic carbocycles. The maximum absolute atomic E-state index is 9.90. The van der Waals surface area contributed by atoms with Crippen LogP contribution in [-0.4, -0.2) is 53.1 Å². The quantitative estimate of drug-likeness (QED) is 0.778. The smallest absolute Gasteiger partial charge is 0.119 e. The number of piperidine rings is 1. The molecule has 0 radical (unpaired) electrons. The predicted molar refractivity (Wildman–Crippen MR) is 78.9 cm³/mol. The molecular formula is C16H25NO3. The number of rotatable bonds is 6. The number of aliphatic hydroxyl groups is 2. The van der Waals surface area contributed by atoms with Gasteiger partial charge in [-0.15, -0.1) is 0 Å². The highest BCUT2D eigenvalue weighted by molar-refractivity contribution is 5.20. The van der Waals surface area contributed by atoms with Gasteiger partial charge in [0.1, 0.15) is 5.75 Å². The average molecular weight is 279 g/mol. The maximum Gasteiger partial charge on any atom is 0.119 e. The molecule has 20 heavy (non-hydrogen) atoms. The summed E-state index contributed by atoms with van der Waals surface area (Å²) in [5.41, 5.74) is -0.924. The largest absolute Gasteiger partial charge is 0.494 e. The van der Waals surface area contributed by atoms with E-state index in [9.17, 15) is 10.2 Å². The number of benzene rings is 1. The molecule has 1 aliphatic heterocycles. The molecule has 0 amide bonds. The number of ether oxygens (including phenoxy) is 1. The van der Waals surface area contributed by atoms with Gasteiger partial charge in [0, 0.05) is 13.1 Å². The highest BCUT2D eigenvalue weighted by Crippen LogP contribution is 2.22. The highest BCUT2D eigenvalue weighted by atomic mass is 16.5. The molecule has 1 fully saturated rings. The molecule has 2 N–H and O–H groups in total. The summed E-state index contributed by atoms with van der Waals surface area (Å²) >= 11 is 0. The second kappa shape index (κ2) is 7.07. The molecule has 112 valence electrons. The molecule has 0 spiro atoms. The van der Waals surface area contributed by atoms with E-state index in [2.05, 4.69) is 4.90 Å². The number of hydrogen-bond acceptors (Lipinski definition) is 4. The molecule has 0 aromatic heterocycles. The number of para-hydroxylation sites is 1. The van der Waals surface area contributed by atoms with Crippen LogP contribution in [0.4, 0.5) is 0 Å². The SMILES string of the molecule is C[C@@]1(O)CCN(CCCCOc2ccccc2)C[C@H]1O. The Morgan fingerprint density at radius 2 is 2.05 bits per heavy atom. The summed E-state index contributed by atoms with van der Waals surface area (Å²) in [6.07, 6.45) is 2.03. The Balaban J connectivity index is 1.58. The second-order valence-corrected chi connectivity index (χ2v) is 5.79. The van der Waals surface area contributed by atoms with Gasteiger partial charge >= 0.3 is 0 Å². The molecule has 1 aromatic carbocycles. The Labute approximate surface area is 121 Å². The van der Waals surface area contributed by atoms with Gasteiger partial charge in [0.2, 0.25) is 0 Å². The molecule has 4 heteroatoms. The third kappa shape index (κ3) is 4.47. The molecular weight excluding hydrogens is 254 g/mol. The molecule has 1 aromatic rings. The van der Waals surface area contributed by atoms with Crippen LogP contribution in [0.1, 0.15) is 26.2 Å². The fraction of sp³-hybridized carbons (Fsp3) is 0.625. The Kier molecular flexibility index (Phi) is 5.40. The first kappa shape index (κ1) is 15.3. The zero-order valence-corrected chi connectivity index (χ0v) is 12.2. The van der Waals surface area contributed by atoms with E-state index in [0.29, 0.717) is 13.0 Å². The van der Waals surface area contributed by atoms with Gasteiger partial charge < -0.3 is 19.8 Å². The normalized spacial score (nSPS) is 27.4. The lowest BCUT2D eigenvalue weighted by molar-refractivity contribution is -0.107. The Morgan fingerprint density at radius 3 is 2.75 bits per heavy atom. The number of likely N-dealkylation sites (tertiary alicyclic amines) is 1. The lowest BCUT2D eigenvalue weighted by Gasteiger charge is -2.39. The van der Waals surface area contributed by atoms with E-state index in [0.717, 1.165) is 38.3 Å². The van der Waals surface area contributed by atoms with E-state index in [1.807, 2.05) is 30.3 Å². The van der Waals surface area contributed by atoms with Gasteiger partial charge in [0.05, 0.1) is 18.3 Å². The summed E-state index contributed by atoms with van der Waals surface area (Å²) in [6.45, 7) is 4.79. The average Bonchev–Trinajstić information content (AvgIpc) is 2.44. The van der Waals surface area contributed by atoms with E-state index < -0.39 is 11.7 Å². The van der Waals surface area contributed by atoms with Crippen molar-refractivity contribution in [3.63, 3.8) is 0 Å². The second-order valence-electron chi connectivity index (χ2n) is 5.79. The standard InChI is InChI=1S/C16H25NO3/c1-16(19)9-11-17(13-15(16)18)10-5-6-12-20-14-7-3-2-4-8-14/h2-4,7-8,15,18-19H,5-6,9-13H2,1H3/t15-,16-/m1/s1. The summed E-state index contributed by atoms with van der Waals surface area (Å²) in [5, 5.41) is 19.7. The molecule has 1 aliphatic rings. The van der Waals surface area contributed by atoms with E-state index >= 15 is 0 Å². The number of nitrogens with zero attached hydrogens (tertiary/aromatic N) is 1. The Hall–Kier alpha value is -1.10. The van der Waals surface area contributed by atoms with E-state index in [1.54, 1.807) is 6.92 Å². The minimum Gasteiger partial charge on any atom is -0.494 e. The molecule has 0 bridgehead atoms. The summed E-state index contributed by atoms with van der Waals surface area (Å²) in [6, 6.07) is 9.84. The van der Waals surface area contributed by atoms with Crippen LogP contribution in [0.2, 0.25) is 0 Å². The molecule has 2 atom stereocenters. The summed E-state index contributed by atoms with van der Waals surface area (Å²) in [7, 11) is 0. The van der Waals surface area contributed by atoms with E-state index in [4.69, 9.17) is 4.74 Å². The fourth-order valence-corrected chi connectivity index (χ4v) is 2.43. The highest BCUT2D eigenvalue weighted by Gasteiger charge is 2.35. The minimum atomic E-state index is -0.924. The van der Waals surface area contributed by atoms with Gasteiger partial charge in [0.25, 0.3) is 0 Å². The van der Waals surface area contributed by atoms with Crippen molar-refractivity contribution in [2.75, 3.05) is 26.2 Å². The predicted octanol–water partition coefficient (Wildman–Crippen LogP) is 1.66. The first-order valence-electron chi connectivity index (χ1n) is 7.38. The summed E-state index contributed by atoms with van der Waals surface area (Å²) in [5.74, 6) is 0.914. The van der Waals surface area contributed by atoms with Crippen LogP contribution >= 0.6 is 0 Å². The summed E-state index contributed by atoms with van der Waals surface area (Å²) < 4.78 is 5.64. The molecule has 1 saturated heterocycles. The van der Waals surface area contributed by atoms with Gasteiger partial charge in [-0.25, -0.2) is 0 Å². The maximum atomic E-state index is 9.90. The van der Waals surface area contributed by atoms with Crippen molar-refractivity contribution >= 4 is 0 Å². The lowest BCUT2D eigenvalue weighted by Crippen LogP contribution is -2.53. The molecule has 0 unspecified atom stereocenters. The Morgan fingerprint density at radius 1 is 1.30 bits per heavy atom. The van der Waals surface area contributed by atoms with Gasteiger partial charge in [-0.05, 0) is 44.9 Å². The van der Waals surface area contributed by atoms with Gasteiger partial charge in [0.15, 0.2) is 0 Å². The Bertz CT molecular complexity index is 394. The number of aliphatic hydroxyl groups excluding tert-OH is 1. The third-order valence-corrected chi connectivity index (χ3v) is 3.96. The number of unbranched alkanes of at least 4 members (excludes halogenated alkanes) is 1. The topological polar surface area (TPSA) is 52.9 Å². The molecule has 0 saturated carbocycles. The van der Waals surface area contributed by atoms with Gasteiger partial charge in [-0.2, -0.15) is 0 Å². The third-order valence-electron chi connectivity index (χ3n) is 3.96. The van der Waals surface area contributed by atoms with Crippen LogP contribution < -0.4 is 4.74 Å². The van der Waals surface area contributed by atoms with Crippen LogP contribution in [0.25, 0.3) is 0 Å². The van der Waals surface area contributed by atoms with Gasteiger partial charge in [-0.3, -0.25) is 0 Å². The van der Waals surface area contributed by atoms with Crippen molar-refractivity contribution in [3.8, 4) is 5.75 Å². The number of hydrogen-bond donors (Lipinski definition) is 2. The van der Waals surface area contributed by atoms with Crippen LogP contribution in [-0.2, 0) is 0 Å². The van der Waals surface area contributed by atoms with Crippen LogP contribution in [0.3, 0.4) is 0 Å².